The minimum Gasteiger partial charge on any atom is -0.360 e. The van der Waals surface area contributed by atoms with Crippen LogP contribution >= 0.6 is 11.3 Å². The van der Waals surface area contributed by atoms with Crippen LogP contribution in [0.2, 0.25) is 0 Å². The lowest BCUT2D eigenvalue weighted by molar-refractivity contribution is 0.377. The molecule has 126 valence electrons. The largest absolute Gasteiger partial charge is 0.360 e. The fourth-order valence-corrected chi connectivity index (χ4v) is 2.82. The third-order valence-corrected chi connectivity index (χ3v) is 4.53. The molecule has 8 heteroatoms. The highest BCUT2D eigenvalue weighted by molar-refractivity contribution is 7.15. The second kappa shape index (κ2) is 7.48. The summed E-state index contributed by atoms with van der Waals surface area (Å²) in [5, 5.41) is 17.3. The summed E-state index contributed by atoms with van der Waals surface area (Å²) in [7, 11) is 0. The lowest BCUT2D eigenvalue weighted by atomic mass is 10.2. The number of hydrogen-bond donors (Lipinski definition) is 1. The van der Waals surface area contributed by atoms with Gasteiger partial charge in [0.2, 0.25) is 16.8 Å². The maximum absolute atomic E-state index is 12.9. The van der Waals surface area contributed by atoms with Crippen molar-refractivity contribution in [1.82, 2.24) is 20.3 Å². The highest BCUT2D eigenvalue weighted by Gasteiger charge is 2.09. The smallest absolute Gasteiger partial charge is 0.227 e. The zero-order valence-corrected chi connectivity index (χ0v) is 14.3. The van der Waals surface area contributed by atoms with Gasteiger partial charge in [-0.05, 0) is 30.7 Å². The van der Waals surface area contributed by atoms with Crippen molar-refractivity contribution in [1.29, 1.82) is 0 Å². The first-order chi connectivity index (χ1) is 11.6. The first kappa shape index (κ1) is 16.5. The molecule has 0 atom stereocenters. The molecule has 0 bridgehead atoms. The highest BCUT2D eigenvalue weighted by atomic mass is 32.1. The van der Waals surface area contributed by atoms with Gasteiger partial charge in [-0.25, -0.2) is 4.39 Å². The maximum Gasteiger partial charge on any atom is 0.227 e. The van der Waals surface area contributed by atoms with E-state index in [1.165, 1.54) is 12.1 Å². The number of hydrogen-bond acceptors (Lipinski definition) is 7. The number of nitrogens with zero attached hydrogens (tertiary/aromatic N) is 4. The standard InChI is InChI=1S/C16H18FN5OS/c1-10(2)15-20-21-16(24-15)18-9-3-4-13-19-14(22-23-13)11-5-7-12(17)8-6-11/h5-8,10H,3-4,9H2,1-2H3,(H,18,21). The van der Waals surface area contributed by atoms with E-state index in [0.717, 1.165) is 28.7 Å². The van der Waals surface area contributed by atoms with Gasteiger partial charge in [-0.1, -0.05) is 30.3 Å². The third-order valence-electron chi connectivity index (χ3n) is 3.35. The van der Waals surface area contributed by atoms with Gasteiger partial charge in [0.05, 0.1) is 0 Å². The number of benzene rings is 1. The van der Waals surface area contributed by atoms with Crippen LogP contribution in [0.15, 0.2) is 28.8 Å². The van der Waals surface area contributed by atoms with Crippen LogP contribution in [0.1, 0.15) is 37.1 Å². The normalized spacial score (nSPS) is 11.2. The molecular formula is C16H18FN5OS. The number of anilines is 1. The van der Waals surface area contributed by atoms with Crippen LogP contribution in [0.4, 0.5) is 9.52 Å². The zero-order valence-electron chi connectivity index (χ0n) is 13.5. The molecule has 2 aromatic heterocycles. The Morgan fingerprint density at radius 1 is 1.21 bits per heavy atom. The van der Waals surface area contributed by atoms with E-state index >= 15 is 0 Å². The molecule has 1 aromatic carbocycles. The van der Waals surface area contributed by atoms with E-state index in [4.69, 9.17) is 4.52 Å². The zero-order chi connectivity index (χ0) is 16.9. The van der Waals surface area contributed by atoms with Gasteiger partial charge in [0, 0.05) is 24.4 Å². The molecule has 0 amide bonds. The fraction of sp³-hybridized carbons (Fsp3) is 0.375. The number of halogens is 1. The lowest BCUT2D eigenvalue weighted by Gasteiger charge is -1.99. The van der Waals surface area contributed by atoms with Gasteiger partial charge >= 0.3 is 0 Å². The van der Waals surface area contributed by atoms with Crippen molar-refractivity contribution >= 4 is 16.5 Å². The van der Waals surface area contributed by atoms with Crippen LogP contribution in [0, 0.1) is 5.82 Å². The minimum absolute atomic E-state index is 0.286. The van der Waals surface area contributed by atoms with E-state index < -0.39 is 0 Å². The van der Waals surface area contributed by atoms with Gasteiger partial charge in [-0.15, -0.1) is 10.2 Å². The molecule has 0 aliphatic rings. The predicted octanol–water partition coefficient (Wildman–Crippen LogP) is 3.90. The molecule has 1 N–H and O–H groups in total. The van der Waals surface area contributed by atoms with Crippen LogP contribution in [-0.4, -0.2) is 26.9 Å². The summed E-state index contributed by atoms with van der Waals surface area (Å²) in [4.78, 5) is 4.33. The second-order valence-corrected chi connectivity index (χ2v) is 6.66. The molecule has 0 aliphatic heterocycles. The minimum atomic E-state index is -0.286. The average molecular weight is 347 g/mol. The van der Waals surface area contributed by atoms with Gasteiger partial charge in [-0.3, -0.25) is 0 Å². The molecule has 0 fully saturated rings. The quantitative estimate of drug-likeness (QED) is 0.653. The predicted molar refractivity (Wildman–Crippen MR) is 90.5 cm³/mol. The Morgan fingerprint density at radius 3 is 2.71 bits per heavy atom. The van der Waals surface area contributed by atoms with Crippen LogP contribution in [-0.2, 0) is 6.42 Å². The molecule has 0 unspecified atom stereocenters. The number of rotatable bonds is 7. The van der Waals surface area contributed by atoms with Crippen LogP contribution < -0.4 is 5.32 Å². The summed E-state index contributed by atoms with van der Waals surface area (Å²) in [6, 6.07) is 6.02. The van der Waals surface area contributed by atoms with Crippen molar-refractivity contribution in [3.8, 4) is 11.4 Å². The molecule has 0 saturated heterocycles. The van der Waals surface area contributed by atoms with Gasteiger partial charge in [0.1, 0.15) is 10.8 Å². The molecule has 24 heavy (non-hydrogen) atoms. The number of aromatic nitrogens is 4. The third kappa shape index (κ3) is 4.14. The summed E-state index contributed by atoms with van der Waals surface area (Å²) < 4.78 is 18.1. The SMILES string of the molecule is CC(C)c1nnc(NCCCc2nc(-c3ccc(F)cc3)no2)s1. The highest BCUT2D eigenvalue weighted by Crippen LogP contribution is 2.22. The molecule has 0 spiro atoms. The van der Waals surface area contributed by atoms with E-state index in [9.17, 15) is 4.39 Å². The van der Waals surface area contributed by atoms with Crippen molar-refractivity contribution in [3.63, 3.8) is 0 Å². The summed E-state index contributed by atoms with van der Waals surface area (Å²) in [6.07, 6.45) is 1.50. The second-order valence-electron chi connectivity index (χ2n) is 5.65. The van der Waals surface area contributed by atoms with E-state index in [1.807, 2.05) is 0 Å². The molecule has 0 radical (unpaired) electrons. The van der Waals surface area contributed by atoms with Crippen molar-refractivity contribution in [2.45, 2.75) is 32.6 Å². The Balaban J connectivity index is 1.48. The van der Waals surface area contributed by atoms with Gasteiger partial charge in [0.25, 0.3) is 0 Å². The maximum atomic E-state index is 12.9. The number of nitrogens with one attached hydrogen (secondary N) is 1. The van der Waals surface area contributed by atoms with Crippen molar-refractivity contribution in [2.24, 2.45) is 0 Å². The Bertz CT molecular complexity index is 784. The Morgan fingerprint density at radius 2 is 2.00 bits per heavy atom. The molecule has 0 aliphatic carbocycles. The van der Waals surface area contributed by atoms with Gasteiger partial charge in [0.15, 0.2) is 0 Å². The van der Waals surface area contributed by atoms with E-state index in [-0.39, 0.29) is 5.82 Å². The van der Waals surface area contributed by atoms with E-state index in [1.54, 1.807) is 23.5 Å². The van der Waals surface area contributed by atoms with Gasteiger partial charge in [-0.2, -0.15) is 4.98 Å². The Hall–Kier alpha value is -2.35. The Kier molecular flexibility index (Phi) is 5.14. The van der Waals surface area contributed by atoms with Crippen LogP contribution in [0.5, 0.6) is 0 Å². The molecule has 6 nitrogen and oxygen atoms in total. The summed E-state index contributed by atoms with van der Waals surface area (Å²) in [5.41, 5.74) is 0.736. The van der Waals surface area contributed by atoms with Crippen molar-refractivity contribution in [2.75, 3.05) is 11.9 Å². The summed E-state index contributed by atoms with van der Waals surface area (Å²) >= 11 is 1.57. The molecule has 3 rings (SSSR count). The van der Waals surface area contributed by atoms with E-state index in [2.05, 4.69) is 39.5 Å². The molecule has 3 aromatic rings. The fourth-order valence-electron chi connectivity index (χ4n) is 2.05. The first-order valence-electron chi connectivity index (χ1n) is 7.77. The van der Waals surface area contributed by atoms with Crippen molar-refractivity contribution < 1.29 is 8.91 Å². The summed E-state index contributed by atoms with van der Waals surface area (Å²) in [5.74, 6) is 1.15. The summed E-state index contributed by atoms with van der Waals surface area (Å²) in [6.45, 7) is 4.94. The molecular weight excluding hydrogens is 329 g/mol. The van der Waals surface area contributed by atoms with Crippen LogP contribution in [0.3, 0.4) is 0 Å². The monoisotopic (exact) mass is 347 g/mol. The van der Waals surface area contributed by atoms with Crippen molar-refractivity contribution in [3.05, 3.63) is 41.0 Å². The topological polar surface area (TPSA) is 76.7 Å². The van der Waals surface area contributed by atoms with Crippen LogP contribution in [0.25, 0.3) is 11.4 Å². The Labute approximate surface area is 143 Å². The lowest BCUT2D eigenvalue weighted by Crippen LogP contribution is -2.02. The molecule has 0 saturated carbocycles. The molecule has 2 heterocycles. The van der Waals surface area contributed by atoms with E-state index in [0.29, 0.717) is 24.1 Å². The average Bonchev–Trinajstić information content (AvgIpc) is 3.22. The number of aryl methyl sites for hydroxylation is 1. The first-order valence-corrected chi connectivity index (χ1v) is 8.59. The van der Waals surface area contributed by atoms with Gasteiger partial charge < -0.3 is 9.84 Å².